The van der Waals surface area contributed by atoms with Crippen molar-refractivity contribution in [3.05, 3.63) is 16.7 Å². The number of rotatable bonds is 11. The minimum atomic E-state index is -0.718. The molecule has 2 aromatic heterocycles. The number of aryl methyl sites for hydroxylation is 1. The third kappa shape index (κ3) is 6.28. The number of aromatic nitrogens is 4. The zero-order valence-electron chi connectivity index (χ0n) is 17.6. The number of carbonyl (C=O) groups is 2. The zero-order chi connectivity index (χ0) is 22.3. The van der Waals surface area contributed by atoms with Gasteiger partial charge in [0.25, 0.3) is 5.56 Å². The molecule has 0 fully saturated rings. The number of esters is 2. The van der Waals surface area contributed by atoms with Crippen LogP contribution in [0.4, 0.5) is 5.95 Å². The van der Waals surface area contributed by atoms with Crippen LogP contribution in [0.5, 0.6) is 0 Å². The van der Waals surface area contributed by atoms with Crippen molar-refractivity contribution in [3.63, 3.8) is 0 Å². The fourth-order valence-corrected chi connectivity index (χ4v) is 2.73. The lowest BCUT2D eigenvalue weighted by atomic mass is 10.1. The van der Waals surface area contributed by atoms with Gasteiger partial charge in [-0.05, 0) is 18.8 Å². The average Bonchev–Trinajstić information content (AvgIpc) is 3.09. The molecule has 0 bridgehead atoms. The van der Waals surface area contributed by atoms with Gasteiger partial charge >= 0.3 is 11.9 Å². The molecule has 166 valence electrons. The molecule has 0 aliphatic heterocycles. The van der Waals surface area contributed by atoms with Gasteiger partial charge in [-0.25, -0.2) is 4.98 Å². The van der Waals surface area contributed by atoms with Crippen LogP contribution in [-0.4, -0.2) is 50.7 Å². The molecule has 2 heterocycles. The van der Waals surface area contributed by atoms with Crippen LogP contribution in [0.15, 0.2) is 11.1 Å². The first kappa shape index (κ1) is 23.3. The Kier molecular flexibility index (Phi) is 8.34. The average molecular weight is 422 g/mol. The Hall–Kier alpha value is -2.95. The van der Waals surface area contributed by atoms with E-state index in [-0.39, 0.29) is 42.5 Å². The van der Waals surface area contributed by atoms with Gasteiger partial charge in [-0.1, -0.05) is 20.8 Å². The van der Waals surface area contributed by atoms with Crippen LogP contribution in [0.2, 0.25) is 0 Å². The van der Waals surface area contributed by atoms with E-state index in [4.69, 9.17) is 20.9 Å². The number of fused-ring (bicyclic) bond motifs is 1. The maximum atomic E-state index is 12.1. The third-order valence-corrected chi connectivity index (χ3v) is 4.66. The number of hydrogen-bond donors (Lipinski definition) is 3. The van der Waals surface area contributed by atoms with Gasteiger partial charge in [0.2, 0.25) is 5.95 Å². The molecule has 2 aromatic rings. The summed E-state index contributed by atoms with van der Waals surface area (Å²) in [5.74, 6) is -1.11. The number of nitrogen functional groups attached to an aromatic ring is 1. The molecule has 0 saturated heterocycles. The van der Waals surface area contributed by atoms with Crippen molar-refractivity contribution in [2.45, 2.75) is 52.6 Å². The van der Waals surface area contributed by atoms with Crippen LogP contribution in [0, 0.1) is 11.8 Å². The van der Waals surface area contributed by atoms with Crippen LogP contribution in [0.1, 0.15) is 40.0 Å². The van der Waals surface area contributed by atoms with Crippen LogP contribution < -0.4 is 17.0 Å². The second-order valence-electron chi connectivity index (χ2n) is 7.55. The molecule has 0 aliphatic rings. The number of imidazole rings is 1. The molecular formula is C19H30N6O5. The van der Waals surface area contributed by atoms with E-state index in [1.165, 1.54) is 6.33 Å². The predicted octanol–water partition coefficient (Wildman–Crippen LogP) is 0.578. The van der Waals surface area contributed by atoms with Crippen molar-refractivity contribution >= 4 is 29.1 Å². The van der Waals surface area contributed by atoms with Crippen molar-refractivity contribution < 1.29 is 19.1 Å². The van der Waals surface area contributed by atoms with Gasteiger partial charge in [0, 0.05) is 18.9 Å². The largest absolute Gasteiger partial charge is 0.465 e. The van der Waals surface area contributed by atoms with Gasteiger partial charge in [0.05, 0.1) is 19.5 Å². The van der Waals surface area contributed by atoms with E-state index in [0.29, 0.717) is 31.5 Å². The Labute approximate surface area is 174 Å². The first-order valence-electron chi connectivity index (χ1n) is 10.0. The highest BCUT2D eigenvalue weighted by Gasteiger charge is 2.22. The van der Waals surface area contributed by atoms with Gasteiger partial charge in [0.15, 0.2) is 11.2 Å². The molecule has 0 radical (unpaired) electrons. The summed E-state index contributed by atoms with van der Waals surface area (Å²) < 4.78 is 12.3. The number of anilines is 1. The smallest absolute Gasteiger partial charge is 0.323 e. The first-order chi connectivity index (χ1) is 14.2. The number of carbonyl (C=O) groups excluding carboxylic acids is 2. The van der Waals surface area contributed by atoms with Crippen molar-refractivity contribution in [1.29, 1.82) is 0 Å². The minimum absolute atomic E-state index is 0.00380. The van der Waals surface area contributed by atoms with Gasteiger partial charge in [0.1, 0.15) is 6.04 Å². The summed E-state index contributed by atoms with van der Waals surface area (Å²) in [4.78, 5) is 46.3. The summed E-state index contributed by atoms with van der Waals surface area (Å²) >= 11 is 0. The minimum Gasteiger partial charge on any atom is -0.465 e. The highest BCUT2D eigenvalue weighted by molar-refractivity contribution is 5.75. The number of aromatic amines is 1. The lowest BCUT2D eigenvalue weighted by molar-refractivity contribution is -0.150. The lowest BCUT2D eigenvalue weighted by Crippen LogP contribution is -2.38. The summed E-state index contributed by atoms with van der Waals surface area (Å²) in [6.07, 6.45) is 2.99. The predicted molar refractivity (Wildman–Crippen MR) is 110 cm³/mol. The first-order valence-corrected chi connectivity index (χ1v) is 10.0. The van der Waals surface area contributed by atoms with E-state index in [1.807, 2.05) is 20.8 Å². The van der Waals surface area contributed by atoms with Crippen molar-refractivity contribution in [2.75, 3.05) is 18.9 Å². The molecule has 30 heavy (non-hydrogen) atoms. The van der Waals surface area contributed by atoms with Crippen molar-refractivity contribution in [2.24, 2.45) is 17.6 Å². The van der Waals surface area contributed by atoms with E-state index in [0.717, 1.165) is 0 Å². The van der Waals surface area contributed by atoms with E-state index in [1.54, 1.807) is 4.57 Å². The van der Waals surface area contributed by atoms with Crippen molar-refractivity contribution in [3.8, 4) is 0 Å². The maximum Gasteiger partial charge on any atom is 0.323 e. The van der Waals surface area contributed by atoms with E-state index < -0.39 is 17.6 Å². The van der Waals surface area contributed by atoms with Crippen LogP contribution in [-0.2, 0) is 25.6 Å². The Morgan fingerprint density at radius 2 is 1.97 bits per heavy atom. The third-order valence-electron chi connectivity index (χ3n) is 4.66. The number of nitrogens with one attached hydrogen (secondary N) is 1. The molecule has 2 rings (SSSR count). The summed E-state index contributed by atoms with van der Waals surface area (Å²) in [5.41, 5.74) is 11.6. The fraction of sp³-hybridized carbons (Fsp3) is 0.632. The van der Waals surface area contributed by atoms with Gasteiger partial charge < -0.3 is 25.5 Å². The highest BCUT2D eigenvalue weighted by atomic mass is 16.5. The van der Waals surface area contributed by atoms with Crippen molar-refractivity contribution in [1.82, 2.24) is 19.5 Å². The summed E-state index contributed by atoms with van der Waals surface area (Å²) in [6, 6.07) is -0.718. The second kappa shape index (κ2) is 10.7. The monoisotopic (exact) mass is 422 g/mol. The van der Waals surface area contributed by atoms with Crippen LogP contribution in [0.3, 0.4) is 0 Å². The number of hydrogen-bond acceptors (Lipinski definition) is 9. The summed E-state index contributed by atoms with van der Waals surface area (Å²) in [7, 11) is 0. The molecule has 0 spiro atoms. The topological polar surface area (TPSA) is 168 Å². The van der Waals surface area contributed by atoms with Gasteiger partial charge in [-0.3, -0.25) is 19.4 Å². The molecule has 0 saturated carbocycles. The Morgan fingerprint density at radius 1 is 1.27 bits per heavy atom. The van der Waals surface area contributed by atoms with E-state index in [9.17, 15) is 14.4 Å². The quantitative estimate of drug-likeness (QED) is 0.438. The number of nitrogens with two attached hydrogens (primary N) is 2. The number of H-pyrrole nitrogens is 1. The van der Waals surface area contributed by atoms with Gasteiger partial charge in [-0.15, -0.1) is 0 Å². The fourth-order valence-electron chi connectivity index (χ4n) is 2.73. The van der Waals surface area contributed by atoms with Gasteiger partial charge in [-0.2, -0.15) is 4.98 Å². The summed E-state index contributed by atoms with van der Waals surface area (Å²) in [6.45, 7) is 6.13. The SMILES string of the molecule is CCCC(=O)OCC(CCn1cnc2c(=O)[nH]c(N)nc21)COC(=O)[C@@H](N)C(C)C. The molecule has 0 aromatic carbocycles. The highest BCUT2D eigenvalue weighted by Crippen LogP contribution is 2.13. The zero-order valence-corrected chi connectivity index (χ0v) is 17.6. The molecule has 0 amide bonds. The Balaban J connectivity index is 2.05. The Morgan fingerprint density at radius 3 is 2.63 bits per heavy atom. The summed E-state index contributed by atoms with van der Waals surface area (Å²) in [5, 5.41) is 0. The molecule has 11 nitrogen and oxygen atoms in total. The maximum absolute atomic E-state index is 12.1. The van der Waals surface area contributed by atoms with E-state index >= 15 is 0 Å². The van der Waals surface area contributed by atoms with E-state index in [2.05, 4.69) is 15.0 Å². The molecule has 11 heteroatoms. The molecule has 0 aliphatic carbocycles. The molecule has 5 N–H and O–H groups in total. The normalized spacial score (nSPS) is 13.4. The molecular weight excluding hydrogens is 392 g/mol. The van der Waals surface area contributed by atoms with Crippen LogP contribution in [0.25, 0.3) is 11.2 Å². The number of ether oxygens (including phenoxy) is 2. The standard InChI is InChI=1S/C19H30N6O5/c1-4-5-13(26)29-8-12(9-30-18(28)14(20)11(2)3)6-7-25-10-22-15-16(25)23-19(21)24-17(15)27/h10-12,14H,4-9,20H2,1-3H3,(H3,21,23,24,27)/t12?,14-/m0/s1. The van der Waals surface area contributed by atoms with Crippen LogP contribution >= 0.6 is 0 Å². The second-order valence-corrected chi connectivity index (χ2v) is 7.55. The number of nitrogens with zero attached hydrogens (tertiary/aromatic N) is 3. The molecule has 2 atom stereocenters. The molecule has 1 unspecified atom stereocenters. The Bertz CT molecular complexity index is 922. The lowest BCUT2D eigenvalue weighted by Gasteiger charge is -2.20.